The third-order valence-electron chi connectivity index (χ3n) is 9.52. The Hall–Kier alpha value is -5.20. The van der Waals surface area contributed by atoms with E-state index in [4.69, 9.17) is 16.3 Å². The van der Waals surface area contributed by atoms with Crippen LogP contribution in [0.5, 0.6) is 0 Å². The third-order valence-corrected chi connectivity index (χ3v) is 11.5. The van der Waals surface area contributed by atoms with Crippen LogP contribution in [0.15, 0.2) is 126 Å². The molecule has 0 saturated heterocycles. The molecule has 7 heteroatoms. The molecule has 5 nitrogen and oxygen atoms in total. The Morgan fingerprint density at radius 1 is 0.839 bits per heavy atom. The maximum absolute atomic E-state index is 8.79. The van der Waals surface area contributed by atoms with Crippen LogP contribution in [0.25, 0.3) is 72.2 Å². The van der Waals surface area contributed by atoms with Gasteiger partial charge in [0, 0.05) is 49.9 Å². The summed E-state index contributed by atoms with van der Waals surface area (Å²) in [6, 6.07) is 44.1. The van der Waals surface area contributed by atoms with E-state index in [1.165, 1.54) is 16.8 Å². The molecule has 9 rings (SSSR count). The monoisotopic (exact) mass is 932 g/mol. The summed E-state index contributed by atoms with van der Waals surface area (Å²) in [5.41, 5.74) is 7.76. The van der Waals surface area contributed by atoms with Crippen LogP contribution in [0.2, 0.25) is 19.6 Å². The Kier molecular flexibility index (Phi) is 9.06. The molecule has 0 saturated carbocycles. The van der Waals surface area contributed by atoms with Crippen LogP contribution in [0.3, 0.4) is 0 Å². The predicted octanol–water partition coefficient (Wildman–Crippen LogP) is 12.2. The smallest absolute Gasteiger partial charge is 0.216 e. The number of aryl methyl sites for hydroxylation is 2. The number of nitrogens with zero attached hydrogens (tertiary/aromatic N) is 4. The zero-order chi connectivity index (χ0) is 42.8. The molecule has 0 fully saturated rings. The number of pyridine rings is 2. The van der Waals surface area contributed by atoms with Crippen molar-refractivity contribution in [2.24, 2.45) is 5.41 Å². The standard InChI is InChI=1S/C29H18N3O.C20H28NSi.Ir/c1-18-13-16-23-22-9-6-10-24(27(22)33-29(23)30-18)28-31-25-11-4-5-12-26(25)32(28)21-15-14-19-7-2-3-8-20(19)17-21;1-15-8-10-16(11-9-15)18-12-17(13-20(2,3)4)19(14-21-18)22(5,6)7;/h2-9,11-17H,1H3;8-10,12,14H,13H2,1-7H3;/q2*-1;/i;1D3,13D2;. The van der Waals surface area contributed by atoms with Crippen LogP contribution in [0.1, 0.15) is 44.4 Å². The van der Waals surface area contributed by atoms with Crippen molar-refractivity contribution in [1.82, 2.24) is 19.5 Å². The van der Waals surface area contributed by atoms with Crippen LogP contribution < -0.4 is 5.19 Å². The molecule has 0 aliphatic carbocycles. The topological polar surface area (TPSA) is 56.7 Å². The van der Waals surface area contributed by atoms with E-state index in [1.807, 2.05) is 70.2 Å². The van der Waals surface area contributed by atoms with Crippen molar-refractivity contribution in [2.45, 2.75) is 60.6 Å². The first-order chi connectivity index (χ1) is 28.3. The van der Waals surface area contributed by atoms with E-state index < -0.39 is 26.7 Å². The van der Waals surface area contributed by atoms with Crippen molar-refractivity contribution >= 4 is 57.1 Å². The molecule has 0 bridgehead atoms. The molecule has 4 heterocycles. The number of hydrogen-bond donors (Lipinski definition) is 0. The molecule has 0 aliphatic rings. The van der Waals surface area contributed by atoms with Gasteiger partial charge in [0.25, 0.3) is 0 Å². The van der Waals surface area contributed by atoms with Crippen molar-refractivity contribution in [3.63, 3.8) is 0 Å². The normalized spacial score (nSPS) is 13.7. The summed E-state index contributed by atoms with van der Waals surface area (Å²) in [5.74, 6) is 0.799. The maximum atomic E-state index is 8.79. The summed E-state index contributed by atoms with van der Waals surface area (Å²) in [5, 5.41) is 5.41. The molecule has 1 radical (unpaired) electrons. The summed E-state index contributed by atoms with van der Waals surface area (Å²) in [4.78, 5) is 14.2. The van der Waals surface area contributed by atoms with E-state index in [-0.39, 0.29) is 25.7 Å². The Bertz CT molecular complexity index is 3050. The van der Waals surface area contributed by atoms with Gasteiger partial charge in [0.05, 0.1) is 30.5 Å². The van der Waals surface area contributed by atoms with Gasteiger partial charge in [0.2, 0.25) is 5.71 Å². The summed E-state index contributed by atoms with van der Waals surface area (Å²) in [6.45, 7) is 12.1. The number of rotatable bonds is 5. The summed E-state index contributed by atoms with van der Waals surface area (Å²) < 4.78 is 48.5. The molecule has 0 atom stereocenters. The van der Waals surface area contributed by atoms with E-state index in [9.17, 15) is 0 Å². The fourth-order valence-corrected chi connectivity index (χ4v) is 8.34. The van der Waals surface area contributed by atoms with Gasteiger partial charge in [0.1, 0.15) is 0 Å². The number of para-hydroxylation sites is 2. The molecule has 0 N–H and O–H groups in total. The maximum Gasteiger partial charge on any atom is 0.216 e. The van der Waals surface area contributed by atoms with Gasteiger partial charge in [-0.2, -0.15) is 0 Å². The molecule has 0 spiro atoms. The summed E-state index contributed by atoms with van der Waals surface area (Å²) in [7, 11) is -1.81. The minimum atomic E-state index is -2.17. The van der Waals surface area contributed by atoms with Gasteiger partial charge in [-0.05, 0) is 76.8 Å². The molecule has 4 aromatic heterocycles. The van der Waals surface area contributed by atoms with Crippen molar-refractivity contribution < 1.29 is 31.4 Å². The van der Waals surface area contributed by atoms with Crippen molar-refractivity contribution in [1.29, 1.82) is 0 Å². The zero-order valence-electron chi connectivity index (χ0n) is 37.6. The van der Waals surface area contributed by atoms with Gasteiger partial charge in [-0.15, -0.1) is 53.6 Å². The van der Waals surface area contributed by atoms with Gasteiger partial charge >= 0.3 is 0 Å². The predicted molar refractivity (Wildman–Crippen MR) is 232 cm³/mol. The molecular weight excluding hydrogens is 881 g/mol. The second-order valence-electron chi connectivity index (χ2n) is 16.0. The van der Waals surface area contributed by atoms with Crippen LogP contribution in [-0.2, 0) is 26.5 Å². The molecule has 0 aliphatic heterocycles. The van der Waals surface area contributed by atoms with Crippen LogP contribution >= 0.6 is 0 Å². The van der Waals surface area contributed by atoms with Crippen molar-refractivity contribution in [3.05, 3.63) is 150 Å². The van der Waals surface area contributed by atoms with Crippen molar-refractivity contribution in [2.75, 3.05) is 0 Å². The average molecular weight is 932 g/mol. The van der Waals surface area contributed by atoms with Crippen molar-refractivity contribution in [3.8, 4) is 28.3 Å². The Balaban J connectivity index is 0.000000186. The average Bonchev–Trinajstić information content (AvgIpc) is 3.78. The largest absolute Gasteiger partial charge is 0.486 e. The van der Waals surface area contributed by atoms with E-state index in [1.54, 1.807) is 18.3 Å². The van der Waals surface area contributed by atoms with Gasteiger partial charge in [-0.25, -0.2) is 4.98 Å². The summed E-state index contributed by atoms with van der Waals surface area (Å²) in [6.07, 6.45) is 0.269. The number of benzene rings is 5. The Labute approximate surface area is 351 Å². The number of imidazole rings is 1. The van der Waals surface area contributed by atoms with Crippen LogP contribution in [0.4, 0.5) is 0 Å². The Morgan fingerprint density at radius 3 is 2.38 bits per heavy atom. The van der Waals surface area contributed by atoms with E-state index in [2.05, 4.69) is 101 Å². The quantitative estimate of drug-likeness (QED) is 0.127. The third kappa shape index (κ3) is 7.90. The van der Waals surface area contributed by atoms with Crippen LogP contribution in [0, 0.1) is 31.3 Å². The minimum Gasteiger partial charge on any atom is -0.486 e. The van der Waals surface area contributed by atoms with E-state index >= 15 is 0 Å². The first-order valence-corrected chi connectivity index (χ1v) is 22.0. The second kappa shape index (κ2) is 15.4. The first-order valence-electron chi connectivity index (χ1n) is 21.0. The SMILES string of the molecule is Cc1ccc2c(n1)oc1c(-c3nc4ccccc4n3-c3ccc4ccccc4c3)[c-]ccc12.[2H]C([2H])([2H])c1c[c-]c(-c2cc(C([2H])([2H])C(C)(C)C)c([Si](C)(C)C)cn2)cc1.[Ir]. The molecule has 283 valence electrons. The first kappa shape index (κ1) is 33.0. The molecular formula is C49H46IrN4OSi-2. The fourth-order valence-electron chi connectivity index (χ4n) is 6.94. The fraction of sp³-hybridized carbons (Fsp3) is 0.204. The molecule has 0 unspecified atom stereocenters. The minimum absolute atomic E-state index is 0. The molecule has 56 heavy (non-hydrogen) atoms. The molecule has 9 aromatic rings. The number of fused-ring (bicyclic) bond motifs is 5. The molecule has 0 amide bonds. The number of furan rings is 1. The van der Waals surface area contributed by atoms with Gasteiger partial charge in [0.15, 0.2) is 0 Å². The Morgan fingerprint density at radius 2 is 1.62 bits per heavy atom. The second-order valence-corrected chi connectivity index (χ2v) is 21.1. The zero-order valence-corrected chi connectivity index (χ0v) is 36.0. The van der Waals surface area contributed by atoms with E-state index in [0.717, 1.165) is 55.3 Å². The molecule has 5 aromatic carbocycles. The number of aromatic nitrogens is 4. The van der Waals surface area contributed by atoms with E-state index in [0.29, 0.717) is 22.5 Å². The number of hydrogen-bond acceptors (Lipinski definition) is 4. The summed E-state index contributed by atoms with van der Waals surface area (Å²) >= 11 is 0. The van der Waals surface area contributed by atoms with Gasteiger partial charge in [-0.1, -0.05) is 112 Å². The van der Waals surface area contributed by atoms with Crippen LogP contribution in [-0.4, -0.2) is 27.6 Å². The van der Waals surface area contributed by atoms with Gasteiger partial charge < -0.3 is 14.0 Å². The van der Waals surface area contributed by atoms with Gasteiger partial charge in [-0.3, -0.25) is 4.98 Å².